The van der Waals surface area contributed by atoms with Crippen molar-refractivity contribution < 1.29 is 4.79 Å². The van der Waals surface area contributed by atoms with Crippen LogP contribution >= 0.6 is 0 Å². The monoisotopic (exact) mass is 364 g/mol. The van der Waals surface area contributed by atoms with Crippen LogP contribution in [-0.4, -0.2) is 19.0 Å². The van der Waals surface area contributed by atoms with E-state index in [1.165, 1.54) is 36.1 Å². The van der Waals surface area contributed by atoms with E-state index in [-0.39, 0.29) is 11.3 Å². The molecule has 0 saturated carbocycles. The summed E-state index contributed by atoms with van der Waals surface area (Å²) in [4.78, 5) is 14.7. The average Bonchev–Trinajstić information content (AvgIpc) is 2.67. The fraction of sp³-hybridized carbons (Fsp3) is 0.458. The normalized spacial score (nSPS) is 14.9. The third-order valence-corrected chi connectivity index (χ3v) is 5.33. The highest BCUT2D eigenvalue weighted by Crippen LogP contribution is 2.23. The van der Waals surface area contributed by atoms with Crippen LogP contribution in [0.2, 0.25) is 0 Å². The van der Waals surface area contributed by atoms with Crippen LogP contribution in [0.25, 0.3) is 0 Å². The van der Waals surface area contributed by atoms with Crippen molar-refractivity contribution in [2.45, 2.75) is 58.3 Å². The number of carbonyl (C=O) groups excluding carboxylic acids is 1. The van der Waals surface area contributed by atoms with Gasteiger partial charge in [0.25, 0.3) is 0 Å². The first kappa shape index (κ1) is 19.5. The van der Waals surface area contributed by atoms with E-state index in [9.17, 15) is 4.79 Å². The summed E-state index contributed by atoms with van der Waals surface area (Å²) in [6, 6.07) is 16.9. The molecule has 1 heterocycles. The van der Waals surface area contributed by atoms with Gasteiger partial charge in [-0.1, -0.05) is 45.0 Å². The summed E-state index contributed by atoms with van der Waals surface area (Å²) in [5, 5.41) is 3.02. The van der Waals surface area contributed by atoms with Gasteiger partial charge in [-0.25, -0.2) is 0 Å². The second-order valence-electron chi connectivity index (χ2n) is 8.59. The zero-order chi connectivity index (χ0) is 19.3. The number of aryl methyl sites for hydroxylation is 1. The summed E-state index contributed by atoms with van der Waals surface area (Å²) in [7, 11) is 0. The quantitative estimate of drug-likeness (QED) is 0.755. The Morgan fingerprint density at radius 2 is 1.56 bits per heavy atom. The van der Waals surface area contributed by atoms with Crippen molar-refractivity contribution in [2.24, 2.45) is 0 Å². The molecule has 2 aromatic rings. The molecule has 0 bridgehead atoms. The maximum atomic E-state index is 12.3. The number of amides is 1. The number of nitrogens with zero attached hydrogens (tertiary/aromatic N) is 1. The number of carbonyl (C=O) groups is 1. The first-order valence-electron chi connectivity index (χ1n) is 10.2. The van der Waals surface area contributed by atoms with Crippen LogP contribution in [0.4, 0.5) is 11.4 Å². The second kappa shape index (κ2) is 8.60. The highest BCUT2D eigenvalue weighted by Gasteiger charge is 2.13. The molecule has 1 N–H and O–H groups in total. The largest absolute Gasteiger partial charge is 0.372 e. The molecule has 1 fully saturated rings. The van der Waals surface area contributed by atoms with E-state index in [1.807, 2.05) is 12.1 Å². The van der Waals surface area contributed by atoms with Crippen molar-refractivity contribution in [2.75, 3.05) is 23.3 Å². The molecule has 1 aliphatic heterocycles. The van der Waals surface area contributed by atoms with Gasteiger partial charge < -0.3 is 10.2 Å². The lowest BCUT2D eigenvalue weighted by Gasteiger charge is -2.28. The summed E-state index contributed by atoms with van der Waals surface area (Å²) in [5.74, 6) is 0.0700. The molecule has 1 saturated heterocycles. The van der Waals surface area contributed by atoms with Crippen molar-refractivity contribution in [3.05, 3.63) is 59.7 Å². The molecule has 0 aliphatic carbocycles. The molecule has 3 heteroatoms. The maximum Gasteiger partial charge on any atom is 0.224 e. The topological polar surface area (TPSA) is 32.3 Å². The Morgan fingerprint density at radius 1 is 0.926 bits per heavy atom. The standard InChI is InChI=1S/C24H32N2O/c1-24(2,3)20-10-7-19(8-11-20)9-16-23(27)25-21-12-14-22(15-13-21)26-17-5-4-6-18-26/h7-8,10-15H,4-6,9,16-18H2,1-3H3,(H,25,27). The third-order valence-electron chi connectivity index (χ3n) is 5.33. The van der Waals surface area contributed by atoms with Gasteiger partial charge in [-0.3, -0.25) is 4.79 Å². The molecule has 1 amide bonds. The van der Waals surface area contributed by atoms with E-state index in [1.54, 1.807) is 0 Å². The zero-order valence-electron chi connectivity index (χ0n) is 16.9. The van der Waals surface area contributed by atoms with Crippen LogP contribution in [0.1, 0.15) is 57.6 Å². The van der Waals surface area contributed by atoms with Crippen molar-refractivity contribution >= 4 is 17.3 Å². The Hall–Kier alpha value is -2.29. The van der Waals surface area contributed by atoms with E-state index in [2.05, 4.69) is 67.4 Å². The lowest BCUT2D eigenvalue weighted by atomic mass is 9.86. The van der Waals surface area contributed by atoms with Crippen molar-refractivity contribution in [1.29, 1.82) is 0 Å². The summed E-state index contributed by atoms with van der Waals surface area (Å²) < 4.78 is 0. The first-order chi connectivity index (χ1) is 12.9. The molecular weight excluding hydrogens is 332 g/mol. The van der Waals surface area contributed by atoms with E-state index < -0.39 is 0 Å². The minimum absolute atomic E-state index is 0.0700. The molecule has 3 rings (SSSR count). The molecule has 0 atom stereocenters. The van der Waals surface area contributed by atoms with Crippen LogP contribution < -0.4 is 10.2 Å². The number of nitrogens with one attached hydrogen (secondary N) is 1. The van der Waals surface area contributed by atoms with Gasteiger partial charge in [-0.15, -0.1) is 0 Å². The molecule has 27 heavy (non-hydrogen) atoms. The van der Waals surface area contributed by atoms with Crippen LogP contribution in [-0.2, 0) is 16.6 Å². The van der Waals surface area contributed by atoms with Gasteiger partial charge in [-0.05, 0) is 66.5 Å². The molecule has 2 aromatic carbocycles. The number of hydrogen-bond donors (Lipinski definition) is 1. The summed E-state index contributed by atoms with van der Waals surface area (Å²) >= 11 is 0. The molecule has 1 aliphatic rings. The molecule has 0 unspecified atom stereocenters. The van der Waals surface area contributed by atoms with Gasteiger partial charge in [0.05, 0.1) is 0 Å². The molecule has 0 aromatic heterocycles. The Labute approximate surface area is 163 Å². The average molecular weight is 365 g/mol. The fourth-order valence-corrected chi connectivity index (χ4v) is 3.56. The predicted octanol–water partition coefficient (Wildman–Crippen LogP) is 5.55. The molecule has 3 nitrogen and oxygen atoms in total. The van der Waals surface area contributed by atoms with Crippen molar-refractivity contribution in [1.82, 2.24) is 0 Å². The summed E-state index contributed by atoms with van der Waals surface area (Å²) in [6.45, 7) is 8.92. The van der Waals surface area contributed by atoms with Gasteiger partial charge in [0, 0.05) is 30.9 Å². The molecular formula is C24H32N2O. The summed E-state index contributed by atoms with van der Waals surface area (Å²) in [6.07, 6.45) is 5.15. The van der Waals surface area contributed by atoms with E-state index >= 15 is 0 Å². The minimum atomic E-state index is 0.0700. The van der Waals surface area contributed by atoms with Gasteiger partial charge in [-0.2, -0.15) is 0 Å². The second-order valence-corrected chi connectivity index (χ2v) is 8.59. The number of anilines is 2. The Bertz CT molecular complexity index is 735. The zero-order valence-corrected chi connectivity index (χ0v) is 16.9. The number of benzene rings is 2. The molecule has 144 valence electrons. The van der Waals surface area contributed by atoms with Gasteiger partial charge in [0.15, 0.2) is 0 Å². The highest BCUT2D eigenvalue weighted by atomic mass is 16.1. The number of hydrogen-bond acceptors (Lipinski definition) is 2. The third kappa shape index (κ3) is 5.59. The van der Waals surface area contributed by atoms with Crippen molar-refractivity contribution in [3.8, 4) is 0 Å². The Balaban J connectivity index is 1.49. The first-order valence-corrected chi connectivity index (χ1v) is 10.2. The fourth-order valence-electron chi connectivity index (χ4n) is 3.56. The lowest BCUT2D eigenvalue weighted by Crippen LogP contribution is -2.29. The smallest absolute Gasteiger partial charge is 0.224 e. The Morgan fingerprint density at radius 3 is 2.15 bits per heavy atom. The Kier molecular flexibility index (Phi) is 6.20. The number of rotatable bonds is 5. The molecule has 0 radical (unpaired) electrons. The maximum absolute atomic E-state index is 12.3. The van der Waals surface area contributed by atoms with Gasteiger partial charge in [0.1, 0.15) is 0 Å². The van der Waals surface area contributed by atoms with Crippen LogP contribution in [0.5, 0.6) is 0 Å². The highest BCUT2D eigenvalue weighted by molar-refractivity contribution is 5.91. The van der Waals surface area contributed by atoms with Crippen LogP contribution in [0, 0.1) is 0 Å². The summed E-state index contributed by atoms with van der Waals surface area (Å²) in [5.41, 5.74) is 4.83. The van der Waals surface area contributed by atoms with Crippen LogP contribution in [0.15, 0.2) is 48.5 Å². The van der Waals surface area contributed by atoms with Gasteiger partial charge >= 0.3 is 0 Å². The SMILES string of the molecule is CC(C)(C)c1ccc(CCC(=O)Nc2ccc(N3CCCCC3)cc2)cc1. The van der Waals surface area contributed by atoms with E-state index in [0.29, 0.717) is 6.42 Å². The van der Waals surface area contributed by atoms with E-state index in [0.717, 1.165) is 25.2 Å². The number of piperidine rings is 1. The lowest BCUT2D eigenvalue weighted by molar-refractivity contribution is -0.116. The van der Waals surface area contributed by atoms with Crippen LogP contribution in [0.3, 0.4) is 0 Å². The molecule has 0 spiro atoms. The van der Waals surface area contributed by atoms with Gasteiger partial charge in [0.2, 0.25) is 5.91 Å². The minimum Gasteiger partial charge on any atom is -0.372 e. The van der Waals surface area contributed by atoms with E-state index in [4.69, 9.17) is 0 Å². The predicted molar refractivity (Wildman–Crippen MR) is 115 cm³/mol. The van der Waals surface area contributed by atoms with Crippen molar-refractivity contribution in [3.63, 3.8) is 0 Å².